The third-order valence-corrected chi connectivity index (χ3v) is 5.66. The van der Waals surface area contributed by atoms with Crippen LogP contribution in [0.25, 0.3) is 0 Å². The fraction of sp³-hybridized carbons (Fsp3) is 0.786. The third-order valence-electron chi connectivity index (χ3n) is 4.60. The molecule has 0 bridgehead atoms. The topological polar surface area (TPSA) is 86.5 Å². The van der Waals surface area contributed by atoms with Crippen molar-refractivity contribution in [3.63, 3.8) is 0 Å². The van der Waals surface area contributed by atoms with Gasteiger partial charge in [-0.25, -0.2) is 9.89 Å². The van der Waals surface area contributed by atoms with E-state index in [0.717, 1.165) is 36.6 Å². The number of nitriles is 1. The van der Waals surface area contributed by atoms with Gasteiger partial charge in [-0.05, 0) is 38.0 Å². The maximum absolute atomic E-state index is 11.3. The van der Waals surface area contributed by atoms with E-state index in [1.165, 1.54) is 17.4 Å². The van der Waals surface area contributed by atoms with Crippen molar-refractivity contribution in [3.8, 4) is 6.07 Å². The number of hydrogen-bond acceptors (Lipinski definition) is 5. The molecule has 2 fully saturated rings. The molecule has 3 rings (SSSR count). The highest BCUT2D eigenvalue weighted by atomic mass is 32.2. The summed E-state index contributed by atoms with van der Waals surface area (Å²) in [6.07, 6.45) is 6.62. The molecule has 0 spiro atoms. The number of hydrogen-bond donors (Lipinski definition) is 2. The van der Waals surface area contributed by atoms with E-state index in [1.54, 1.807) is 18.8 Å². The fourth-order valence-corrected chi connectivity index (χ4v) is 4.16. The number of rotatable bonds is 6. The summed E-state index contributed by atoms with van der Waals surface area (Å²) in [5.74, 6) is 1.30. The normalized spacial score (nSPS) is 28.7. The fourth-order valence-electron chi connectivity index (χ4n) is 3.18. The maximum atomic E-state index is 11.3. The molecule has 0 radical (unpaired) electrons. The molecule has 7 heteroatoms. The van der Waals surface area contributed by atoms with E-state index in [-0.39, 0.29) is 11.2 Å². The summed E-state index contributed by atoms with van der Waals surface area (Å²) < 4.78 is 1.53. The van der Waals surface area contributed by atoms with Gasteiger partial charge in [-0.3, -0.25) is 9.88 Å². The number of thioether (sulfide) groups is 1. The molecule has 2 saturated carbocycles. The number of nitrogens with zero attached hydrogens (tertiary/aromatic N) is 3. The van der Waals surface area contributed by atoms with E-state index in [1.807, 2.05) is 0 Å². The van der Waals surface area contributed by atoms with Gasteiger partial charge in [0.15, 0.2) is 5.16 Å². The van der Waals surface area contributed by atoms with Gasteiger partial charge < -0.3 is 0 Å². The predicted molar refractivity (Wildman–Crippen MR) is 81.0 cm³/mol. The van der Waals surface area contributed by atoms with Gasteiger partial charge in [-0.1, -0.05) is 18.2 Å². The smallest absolute Gasteiger partial charge is 0.296 e. The first-order valence-corrected chi connectivity index (χ1v) is 8.56. The van der Waals surface area contributed by atoms with E-state index < -0.39 is 0 Å². The summed E-state index contributed by atoms with van der Waals surface area (Å²) in [5, 5.41) is 20.4. The molecule has 114 valence electrons. The molecular weight excluding hydrogens is 286 g/mol. The van der Waals surface area contributed by atoms with E-state index in [4.69, 9.17) is 0 Å². The van der Waals surface area contributed by atoms with Crippen LogP contribution in [0.3, 0.4) is 0 Å². The van der Waals surface area contributed by atoms with Crippen LogP contribution >= 0.6 is 11.8 Å². The average Bonchev–Trinajstić information content (AvgIpc) is 3.13. The molecular formula is C14H21N5OS. The molecule has 2 N–H and O–H groups in total. The van der Waals surface area contributed by atoms with Gasteiger partial charge in [-0.2, -0.15) is 5.26 Å². The van der Waals surface area contributed by atoms with Crippen molar-refractivity contribution in [2.45, 2.75) is 55.3 Å². The molecule has 0 aliphatic heterocycles. The molecule has 2 aliphatic rings. The van der Waals surface area contributed by atoms with E-state index in [9.17, 15) is 10.1 Å². The van der Waals surface area contributed by atoms with E-state index in [0.29, 0.717) is 12.0 Å². The van der Waals surface area contributed by atoms with E-state index in [2.05, 4.69) is 21.6 Å². The van der Waals surface area contributed by atoms with Crippen LogP contribution in [0.4, 0.5) is 0 Å². The largest absolute Gasteiger partial charge is 0.343 e. The molecule has 6 nitrogen and oxygen atoms in total. The summed E-state index contributed by atoms with van der Waals surface area (Å²) in [7, 11) is 1.72. The zero-order chi connectivity index (χ0) is 14.9. The second-order valence-electron chi connectivity index (χ2n) is 6.10. The minimum absolute atomic E-state index is 0.180. The SMILES string of the molecule is Cn1c(SCCC2CCCC2(C#N)NC2CC2)n[nH]c1=O. The van der Waals surface area contributed by atoms with Crippen LogP contribution < -0.4 is 11.0 Å². The Bertz CT molecular complexity index is 599. The van der Waals surface area contributed by atoms with Crippen LogP contribution in [-0.2, 0) is 7.05 Å². The lowest BCUT2D eigenvalue weighted by atomic mass is 9.86. The zero-order valence-corrected chi connectivity index (χ0v) is 13.1. The van der Waals surface area contributed by atoms with Crippen molar-refractivity contribution in [1.82, 2.24) is 20.1 Å². The zero-order valence-electron chi connectivity index (χ0n) is 12.3. The van der Waals surface area contributed by atoms with Crippen LogP contribution in [-0.4, -0.2) is 32.1 Å². The van der Waals surface area contributed by atoms with Crippen molar-refractivity contribution in [2.24, 2.45) is 13.0 Å². The van der Waals surface area contributed by atoms with Crippen molar-refractivity contribution < 1.29 is 0 Å². The Balaban J connectivity index is 1.57. The van der Waals surface area contributed by atoms with Crippen molar-refractivity contribution in [3.05, 3.63) is 10.5 Å². The lowest BCUT2D eigenvalue weighted by Crippen LogP contribution is -2.48. The first kappa shape index (κ1) is 14.7. The minimum atomic E-state index is -0.320. The third kappa shape index (κ3) is 3.01. The first-order valence-electron chi connectivity index (χ1n) is 7.58. The Morgan fingerprint density at radius 2 is 2.38 bits per heavy atom. The Labute approximate surface area is 128 Å². The van der Waals surface area contributed by atoms with Gasteiger partial charge >= 0.3 is 5.69 Å². The van der Waals surface area contributed by atoms with Crippen LogP contribution in [0.5, 0.6) is 0 Å². The Hall–Kier alpha value is -1.26. The number of aromatic nitrogens is 3. The molecule has 1 heterocycles. The van der Waals surface area contributed by atoms with Gasteiger partial charge in [0.2, 0.25) is 0 Å². The molecule has 0 amide bonds. The van der Waals surface area contributed by atoms with Crippen LogP contribution in [0.15, 0.2) is 9.95 Å². The highest BCUT2D eigenvalue weighted by Crippen LogP contribution is 2.40. The van der Waals surface area contributed by atoms with Gasteiger partial charge in [0, 0.05) is 18.8 Å². The summed E-state index contributed by atoms with van der Waals surface area (Å²) >= 11 is 1.58. The Morgan fingerprint density at radius 1 is 1.57 bits per heavy atom. The second kappa shape index (κ2) is 5.85. The van der Waals surface area contributed by atoms with Gasteiger partial charge in [-0.15, -0.1) is 5.10 Å². The second-order valence-corrected chi connectivity index (χ2v) is 7.16. The molecule has 1 aromatic heterocycles. The van der Waals surface area contributed by atoms with Gasteiger partial charge in [0.1, 0.15) is 5.54 Å². The Kier molecular flexibility index (Phi) is 4.09. The average molecular weight is 307 g/mol. The van der Waals surface area contributed by atoms with Crippen molar-refractivity contribution >= 4 is 11.8 Å². The van der Waals surface area contributed by atoms with Crippen molar-refractivity contribution in [2.75, 3.05) is 5.75 Å². The highest BCUT2D eigenvalue weighted by molar-refractivity contribution is 7.99. The number of aromatic amines is 1. The maximum Gasteiger partial charge on any atom is 0.343 e. The summed E-state index contributed by atoms with van der Waals surface area (Å²) in [6, 6.07) is 3.13. The summed E-state index contributed by atoms with van der Waals surface area (Å²) in [4.78, 5) is 11.3. The molecule has 0 aromatic carbocycles. The molecule has 21 heavy (non-hydrogen) atoms. The number of nitrogens with one attached hydrogen (secondary N) is 2. The van der Waals surface area contributed by atoms with Crippen LogP contribution in [0.1, 0.15) is 38.5 Å². The molecule has 2 atom stereocenters. The lowest BCUT2D eigenvalue weighted by Gasteiger charge is -2.30. The Morgan fingerprint density at radius 3 is 3.00 bits per heavy atom. The monoisotopic (exact) mass is 307 g/mol. The molecule has 0 saturated heterocycles. The van der Waals surface area contributed by atoms with Crippen LogP contribution in [0.2, 0.25) is 0 Å². The quantitative estimate of drug-likeness (QED) is 0.776. The summed E-state index contributed by atoms with van der Waals surface area (Å²) in [6.45, 7) is 0. The number of H-pyrrole nitrogens is 1. The van der Waals surface area contributed by atoms with Crippen LogP contribution in [0, 0.1) is 17.2 Å². The molecule has 1 aromatic rings. The lowest BCUT2D eigenvalue weighted by molar-refractivity contribution is 0.308. The van der Waals surface area contributed by atoms with Crippen molar-refractivity contribution in [1.29, 1.82) is 5.26 Å². The highest BCUT2D eigenvalue weighted by Gasteiger charge is 2.45. The summed E-state index contributed by atoms with van der Waals surface area (Å²) in [5.41, 5.74) is -0.501. The van der Waals surface area contributed by atoms with E-state index >= 15 is 0 Å². The molecule has 2 unspecified atom stereocenters. The first-order chi connectivity index (χ1) is 10.1. The van der Waals surface area contributed by atoms with Gasteiger partial charge in [0.25, 0.3) is 0 Å². The molecule has 2 aliphatic carbocycles. The van der Waals surface area contributed by atoms with Gasteiger partial charge in [0.05, 0.1) is 6.07 Å². The minimum Gasteiger partial charge on any atom is -0.296 e. The predicted octanol–water partition coefficient (Wildman–Crippen LogP) is 1.41. The standard InChI is InChI=1S/C14H21N5OS/c1-19-12(20)17-18-13(19)21-8-6-10-3-2-7-14(10,9-15)16-11-4-5-11/h10-11,16H,2-8H2,1H3,(H,17,20).